The number of hydrogen-bond acceptors (Lipinski definition) is 3. The molecule has 0 saturated carbocycles. The molecule has 5 nitrogen and oxygen atoms in total. The van der Waals surface area contributed by atoms with Crippen LogP contribution in [-0.2, 0) is 0 Å². The first-order valence-corrected chi connectivity index (χ1v) is 8.38. The van der Waals surface area contributed by atoms with Gasteiger partial charge in [0, 0.05) is 23.8 Å². The number of piperidine rings is 1. The Balaban J connectivity index is 0.00000169. The quantitative estimate of drug-likeness (QED) is 0.898. The van der Waals surface area contributed by atoms with Gasteiger partial charge >= 0.3 is 0 Å². The van der Waals surface area contributed by atoms with Crippen molar-refractivity contribution in [3.63, 3.8) is 0 Å². The van der Waals surface area contributed by atoms with E-state index in [1.54, 1.807) is 0 Å². The van der Waals surface area contributed by atoms with Gasteiger partial charge in [0.2, 0.25) is 0 Å². The number of aromatic nitrogens is 2. The number of nitrogens with zero attached hydrogens (tertiary/aromatic N) is 2. The van der Waals surface area contributed by atoms with E-state index in [4.69, 9.17) is 0 Å². The molecule has 6 heteroatoms. The maximum atomic E-state index is 12.5. The zero-order valence-corrected chi connectivity index (χ0v) is 14.6. The summed E-state index contributed by atoms with van der Waals surface area (Å²) in [6.45, 7) is 1.97. The molecule has 1 aromatic carbocycles. The summed E-state index contributed by atoms with van der Waals surface area (Å²) >= 11 is 0. The largest absolute Gasteiger partial charge is 0.348 e. The van der Waals surface area contributed by atoms with Gasteiger partial charge in [0.15, 0.2) is 5.69 Å². The Kier molecular flexibility index (Phi) is 4.92. The van der Waals surface area contributed by atoms with Crippen molar-refractivity contribution in [2.75, 3.05) is 0 Å². The van der Waals surface area contributed by atoms with Crippen LogP contribution in [-0.4, -0.2) is 33.8 Å². The van der Waals surface area contributed by atoms with E-state index in [0.29, 0.717) is 17.8 Å². The lowest BCUT2D eigenvalue weighted by molar-refractivity contribution is 0.0918. The van der Waals surface area contributed by atoms with Crippen molar-refractivity contribution in [3.8, 4) is 5.69 Å². The molecular weight excluding hydrogens is 324 g/mol. The molecule has 2 unspecified atom stereocenters. The molecule has 0 spiro atoms. The van der Waals surface area contributed by atoms with Crippen molar-refractivity contribution in [2.45, 2.75) is 50.7 Å². The molecule has 2 fully saturated rings. The highest BCUT2D eigenvalue weighted by Crippen LogP contribution is 2.27. The molecule has 3 heterocycles. The number of aryl methyl sites for hydroxylation is 1. The minimum atomic E-state index is -0.0610. The zero-order valence-electron chi connectivity index (χ0n) is 13.7. The summed E-state index contributed by atoms with van der Waals surface area (Å²) in [5, 5.41) is 11.3. The van der Waals surface area contributed by atoms with Crippen molar-refractivity contribution in [3.05, 3.63) is 47.8 Å². The van der Waals surface area contributed by atoms with E-state index in [-0.39, 0.29) is 24.4 Å². The number of rotatable bonds is 3. The van der Waals surface area contributed by atoms with Crippen LogP contribution in [0, 0.1) is 6.92 Å². The van der Waals surface area contributed by atoms with Gasteiger partial charge in [-0.25, -0.2) is 4.68 Å². The predicted octanol–water partition coefficient (Wildman–Crippen LogP) is 2.62. The Morgan fingerprint density at radius 3 is 2.54 bits per heavy atom. The van der Waals surface area contributed by atoms with Crippen molar-refractivity contribution < 1.29 is 4.79 Å². The molecule has 1 aromatic heterocycles. The van der Waals surface area contributed by atoms with Crippen LogP contribution in [0.5, 0.6) is 0 Å². The lowest BCUT2D eigenvalue weighted by Gasteiger charge is -2.29. The van der Waals surface area contributed by atoms with Crippen LogP contribution in [0.2, 0.25) is 0 Å². The number of nitrogens with one attached hydrogen (secondary N) is 2. The van der Waals surface area contributed by atoms with Gasteiger partial charge in [-0.3, -0.25) is 4.79 Å². The van der Waals surface area contributed by atoms with Crippen molar-refractivity contribution in [2.24, 2.45) is 0 Å². The zero-order chi connectivity index (χ0) is 15.8. The molecule has 4 rings (SSSR count). The van der Waals surface area contributed by atoms with Crippen molar-refractivity contribution >= 4 is 18.3 Å². The second-order valence-corrected chi connectivity index (χ2v) is 6.70. The SMILES string of the molecule is Cc1cc(C(=O)NC2CC3CCC(C2)N3)nn1-c1ccccc1.Cl. The molecule has 2 atom stereocenters. The highest BCUT2D eigenvalue weighted by molar-refractivity contribution is 5.92. The molecular formula is C18H23ClN4O. The molecule has 2 bridgehead atoms. The number of para-hydroxylation sites is 1. The third-order valence-corrected chi connectivity index (χ3v) is 4.93. The normalized spacial score (nSPS) is 25.1. The molecule has 2 saturated heterocycles. The fourth-order valence-corrected chi connectivity index (χ4v) is 3.85. The Morgan fingerprint density at radius 2 is 1.88 bits per heavy atom. The van der Waals surface area contributed by atoms with E-state index in [0.717, 1.165) is 24.2 Å². The van der Waals surface area contributed by atoms with E-state index in [9.17, 15) is 4.79 Å². The Hall–Kier alpha value is -1.85. The van der Waals surface area contributed by atoms with E-state index in [2.05, 4.69) is 15.7 Å². The van der Waals surface area contributed by atoms with Gasteiger partial charge < -0.3 is 10.6 Å². The molecule has 0 aliphatic carbocycles. The van der Waals surface area contributed by atoms with Gasteiger partial charge in [-0.1, -0.05) is 18.2 Å². The molecule has 128 valence electrons. The first-order chi connectivity index (χ1) is 11.2. The first-order valence-electron chi connectivity index (χ1n) is 8.38. The highest BCUT2D eigenvalue weighted by atomic mass is 35.5. The molecule has 24 heavy (non-hydrogen) atoms. The number of carbonyl (C=O) groups excluding carboxylic acids is 1. The summed E-state index contributed by atoms with van der Waals surface area (Å²) in [5.41, 5.74) is 2.44. The fourth-order valence-electron chi connectivity index (χ4n) is 3.85. The lowest BCUT2D eigenvalue weighted by atomic mass is 10.00. The smallest absolute Gasteiger partial charge is 0.272 e. The van der Waals surface area contributed by atoms with Crippen LogP contribution in [0.15, 0.2) is 36.4 Å². The minimum absolute atomic E-state index is 0. The number of hydrogen-bond donors (Lipinski definition) is 2. The maximum Gasteiger partial charge on any atom is 0.272 e. The molecule has 1 amide bonds. The third kappa shape index (κ3) is 3.32. The summed E-state index contributed by atoms with van der Waals surface area (Å²) in [7, 11) is 0. The molecule has 2 N–H and O–H groups in total. The van der Waals surface area contributed by atoms with Gasteiger partial charge in [-0.05, 0) is 50.8 Å². The summed E-state index contributed by atoms with van der Waals surface area (Å²) in [5.74, 6) is -0.0610. The Bertz CT molecular complexity index is 703. The number of benzene rings is 1. The van der Waals surface area contributed by atoms with E-state index in [1.165, 1.54) is 12.8 Å². The lowest BCUT2D eigenvalue weighted by Crippen LogP contribution is -2.48. The Labute approximate surface area is 148 Å². The molecule has 2 aliphatic heterocycles. The van der Waals surface area contributed by atoms with E-state index >= 15 is 0 Å². The van der Waals surface area contributed by atoms with Crippen molar-refractivity contribution in [1.82, 2.24) is 20.4 Å². The number of amides is 1. The minimum Gasteiger partial charge on any atom is -0.348 e. The van der Waals surface area contributed by atoms with Gasteiger partial charge in [-0.2, -0.15) is 5.10 Å². The van der Waals surface area contributed by atoms with Crippen LogP contribution < -0.4 is 10.6 Å². The van der Waals surface area contributed by atoms with Gasteiger partial charge in [0.1, 0.15) is 0 Å². The summed E-state index contributed by atoms with van der Waals surface area (Å²) < 4.78 is 1.82. The number of halogens is 1. The summed E-state index contributed by atoms with van der Waals surface area (Å²) in [6.07, 6.45) is 4.53. The fraction of sp³-hybridized carbons (Fsp3) is 0.444. The average Bonchev–Trinajstić information content (AvgIpc) is 3.11. The second-order valence-electron chi connectivity index (χ2n) is 6.70. The van der Waals surface area contributed by atoms with Crippen molar-refractivity contribution in [1.29, 1.82) is 0 Å². The van der Waals surface area contributed by atoms with Crippen LogP contribution in [0.1, 0.15) is 41.9 Å². The Morgan fingerprint density at radius 1 is 1.21 bits per heavy atom. The van der Waals surface area contributed by atoms with Crippen LogP contribution in [0.4, 0.5) is 0 Å². The van der Waals surface area contributed by atoms with Gasteiger partial charge in [-0.15, -0.1) is 12.4 Å². The van der Waals surface area contributed by atoms with Gasteiger partial charge in [0.05, 0.1) is 5.69 Å². The second kappa shape index (κ2) is 6.95. The average molecular weight is 347 g/mol. The molecule has 2 aromatic rings. The maximum absolute atomic E-state index is 12.5. The predicted molar refractivity (Wildman–Crippen MR) is 96.0 cm³/mol. The number of carbonyl (C=O) groups is 1. The topological polar surface area (TPSA) is 59.0 Å². The highest BCUT2D eigenvalue weighted by Gasteiger charge is 2.34. The standard InChI is InChI=1S/C18H22N4O.ClH/c1-12-9-17(21-22(12)16-5-3-2-4-6-16)18(23)20-15-10-13-7-8-14(11-15)19-13;/h2-6,9,13-15,19H,7-8,10-11H2,1H3,(H,20,23);1H. The van der Waals surface area contributed by atoms with Gasteiger partial charge in [0.25, 0.3) is 5.91 Å². The summed E-state index contributed by atoms with van der Waals surface area (Å²) in [6, 6.07) is 13.2. The van der Waals surface area contributed by atoms with Crippen LogP contribution >= 0.6 is 12.4 Å². The van der Waals surface area contributed by atoms with Crippen LogP contribution in [0.3, 0.4) is 0 Å². The third-order valence-electron chi connectivity index (χ3n) is 4.93. The molecule has 0 radical (unpaired) electrons. The van der Waals surface area contributed by atoms with Crippen LogP contribution in [0.25, 0.3) is 5.69 Å². The van der Waals surface area contributed by atoms with E-state index in [1.807, 2.05) is 48.0 Å². The first kappa shape index (κ1) is 17.0. The number of fused-ring (bicyclic) bond motifs is 2. The molecule has 2 aliphatic rings. The monoisotopic (exact) mass is 346 g/mol. The van der Waals surface area contributed by atoms with E-state index < -0.39 is 0 Å². The summed E-state index contributed by atoms with van der Waals surface area (Å²) in [4.78, 5) is 12.5.